The molecule has 0 saturated heterocycles. The Morgan fingerprint density at radius 1 is 1.65 bits per heavy atom. The molecule has 0 aliphatic heterocycles. The van der Waals surface area contributed by atoms with Crippen LogP contribution in [0, 0.1) is 11.3 Å². The molecule has 17 heavy (non-hydrogen) atoms. The van der Waals surface area contributed by atoms with Crippen molar-refractivity contribution in [2.24, 2.45) is 0 Å². The summed E-state index contributed by atoms with van der Waals surface area (Å²) in [5.74, 6) is -1.24. The number of carbonyl (C=O) groups excluding carboxylic acids is 1. The lowest BCUT2D eigenvalue weighted by atomic mass is 10.2. The summed E-state index contributed by atoms with van der Waals surface area (Å²) in [7, 11) is 0. The highest BCUT2D eigenvalue weighted by molar-refractivity contribution is 6.31. The summed E-state index contributed by atoms with van der Waals surface area (Å²) in [4.78, 5) is 11.0. The van der Waals surface area contributed by atoms with Gasteiger partial charge in [-0.3, -0.25) is 0 Å². The maximum absolute atomic E-state index is 13.3. The van der Waals surface area contributed by atoms with Crippen LogP contribution in [0.4, 0.5) is 4.39 Å². The van der Waals surface area contributed by atoms with Gasteiger partial charge in [-0.15, -0.1) is 0 Å². The van der Waals surface area contributed by atoms with Gasteiger partial charge in [-0.1, -0.05) is 17.7 Å². The average molecular weight is 258 g/mol. The van der Waals surface area contributed by atoms with Crippen LogP contribution in [-0.2, 0) is 9.53 Å². The van der Waals surface area contributed by atoms with Crippen LogP contribution in [0.5, 0.6) is 5.75 Å². The molecule has 1 atom stereocenters. The van der Waals surface area contributed by atoms with Crippen LogP contribution >= 0.6 is 11.6 Å². The Bertz CT molecular complexity index is 459. The minimum absolute atomic E-state index is 0.0267. The second-order valence-corrected chi connectivity index (χ2v) is 3.32. The first-order valence-electron chi connectivity index (χ1n) is 4.76. The van der Waals surface area contributed by atoms with Gasteiger partial charge in [0.05, 0.1) is 11.6 Å². The fraction of sp³-hybridized carbons (Fsp3) is 0.273. The fourth-order valence-corrected chi connectivity index (χ4v) is 1.29. The van der Waals surface area contributed by atoms with Crippen molar-refractivity contribution in [3.63, 3.8) is 0 Å². The zero-order valence-electron chi connectivity index (χ0n) is 8.94. The number of carbonyl (C=O) groups is 1. The first-order valence-corrected chi connectivity index (χ1v) is 5.14. The molecule has 0 aromatic heterocycles. The maximum Gasteiger partial charge on any atom is 0.381 e. The highest BCUT2D eigenvalue weighted by Gasteiger charge is 2.22. The number of alkyl halides is 1. The SMILES string of the molecule is CCOC(=O)C(F)Oc1cccc(Cl)c1C#N. The molecule has 0 heterocycles. The lowest BCUT2D eigenvalue weighted by Crippen LogP contribution is -2.25. The van der Waals surface area contributed by atoms with E-state index in [4.69, 9.17) is 16.9 Å². The zero-order valence-corrected chi connectivity index (χ0v) is 9.70. The van der Waals surface area contributed by atoms with Crippen LogP contribution in [0.1, 0.15) is 12.5 Å². The van der Waals surface area contributed by atoms with E-state index in [1.54, 1.807) is 13.0 Å². The Hall–Kier alpha value is -1.80. The molecule has 0 aliphatic rings. The third kappa shape index (κ3) is 3.33. The van der Waals surface area contributed by atoms with E-state index in [0.717, 1.165) is 0 Å². The summed E-state index contributed by atoms with van der Waals surface area (Å²) in [6, 6.07) is 6.05. The van der Waals surface area contributed by atoms with Gasteiger partial charge in [-0.05, 0) is 19.1 Å². The van der Waals surface area contributed by atoms with Gasteiger partial charge < -0.3 is 9.47 Å². The Kier molecular flexibility index (Phi) is 4.73. The number of nitrogens with zero attached hydrogens (tertiary/aromatic N) is 1. The van der Waals surface area contributed by atoms with Crippen LogP contribution in [0.25, 0.3) is 0 Å². The maximum atomic E-state index is 13.3. The molecule has 0 fully saturated rings. The Balaban J connectivity index is 2.86. The van der Waals surface area contributed by atoms with E-state index in [-0.39, 0.29) is 22.9 Å². The number of hydrogen-bond acceptors (Lipinski definition) is 4. The number of hydrogen-bond donors (Lipinski definition) is 0. The summed E-state index contributed by atoms with van der Waals surface area (Å²) in [6.07, 6.45) is -2.28. The van der Waals surface area contributed by atoms with Gasteiger partial charge in [0, 0.05) is 0 Å². The van der Waals surface area contributed by atoms with Gasteiger partial charge >= 0.3 is 12.3 Å². The molecular weight excluding hydrogens is 249 g/mol. The molecule has 0 bridgehead atoms. The lowest BCUT2D eigenvalue weighted by Gasteiger charge is -2.11. The topological polar surface area (TPSA) is 59.3 Å². The number of rotatable bonds is 4. The van der Waals surface area contributed by atoms with Crippen molar-refractivity contribution < 1.29 is 18.7 Å². The number of halogens is 2. The van der Waals surface area contributed by atoms with Gasteiger partial charge in [0.1, 0.15) is 17.4 Å². The Morgan fingerprint density at radius 2 is 2.35 bits per heavy atom. The largest absolute Gasteiger partial charge is 0.461 e. The van der Waals surface area contributed by atoms with Gasteiger partial charge in [0.25, 0.3) is 0 Å². The molecule has 1 unspecified atom stereocenters. The molecule has 0 aliphatic carbocycles. The van der Waals surface area contributed by atoms with Gasteiger partial charge in [0.15, 0.2) is 0 Å². The van der Waals surface area contributed by atoms with E-state index in [1.165, 1.54) is 18.2 Å². The van der Waals surface area contributed by atoms with E-state index in [9.17, 15) is 9.18 Å². The summed E-state index contributed by atoms with van der Waals surface area (Å²) in [5, 5.41) is 8.93. The van der Waals surface area contributed by atoms with E-state index < -0.39 is 12.3 Å². The predicted molar refractivity (Wildman–Crippen MR) is 58.3 cm³/mol. The van der Waals surface area contributed by atoms with Crippen molar-refractivity contribution in [1.29, 1.82) is 5.26 Å². The van der Waals surface area contributed by atoms with E-state index in [1.807, 2.05) is 0 Å². The molecule has 1 aromatic rings. The van der Waals surface area contributed by atoms with Crippen molar-refractivity contribution in [2.75, 3.05) is 6.61 Å². The minimum Gasteiger partial charge on any atom is -0.461 e. The first kappa shape index (κ1) is 13.3. The molecule has 0 amide bonds. The van der Waals surface area contributed by atoms with Gasteiger partial charge in [0.2, 0.25) is 0 Å². The third-order valence-corrected chi connectivity index (χ3v) is 2.10. The summed E-state index contributed by atoms with van der Waals surface area (Å²) >= 11 is 5.71. The van der Waals surface area contributed by atoms with Crippen LogP contribution in [-0.4, -0.2) is 18.9 Å². The second-order valence-electron chi connectivity index (χ2n) is 2.91. The van der Waals surface area contributed by atoms with Gasteiger partial charge in [-0.2, -0.15) is 9.65 Å². The quantitative estimate of drug-likeness (QED) is 0.778. The molecule has 4 nitrogen and oxygen atoms in total. The standard InChI is InChI=1S/C11H9ClFNO3/c1-2-16-11(15)10(13)17-9-5-3-4-8(12)7(9)6-14/h3-5,10H,2H2,1H3. The third-order valence-electron chi connectivity index (χ3n) is 1.79. The van der Waals surface area contributed by atoms with Crippen molar-refractivity contribution in [3.05, 3.63) is 28.8 Å². The Morgan fingerprint density at radius 3 is 2.94 bits per heavy atom. The van der Waals surface area contributed by atoms with E-state index in [0.29, 0.717) is 0 Å². The monoisotopic (exact) mass is 257 g/mol. The van der Waals surface area contributed by atoms with Crippen molar-refractivity contribution >= 4 is 17.6 Å². The molecular formula is C11H9ClFNO3. The first-order chi connectivity index (χ1) is 8.10. The van der Waals surface area contributed by atoms with E-state index in [2.05, 4.69) is 9.47 Å². The summed E-state index contributed by atoms with van der Waals surface area (Å²) in [5.41, 5.74) is -0.0267. The smallest absolute Gasteiger partial charge is 0.381 e. The zero-order chi connectivity index (χ0) is 12.8. The average Bonchev–Trinajstić information content (AvgIpc) is 2.29. The fourth-order valence-electron chi connectivity index (χ4n) is 1.08. The highest BCUT2D eigenvalue weighted by Crippen LogP contribution is 2.26. The van der Waals surface area contributed by atoms with Crippen molar-refractivity contribution in [1.82, 2.24) is 0 Å². The van der Waals surface area contributed by atoms with Crippen LogP contribution in [0.3, 0.4) is 0 Å². The van der Waals surface area contributed by atoms with Crippen molar-refractivity contribution in [3.8, 4) is 11.8 Å². The molecule has 1 aromatic carbocycles. The lowest BCUT2D eigenvalue weighted by molar-refractivity contribution is -0.159. The summed E-state index contributed by atoms with van der Waals surface area (Å²) in [6.45, 7) is 1.59. The van der Waals surface area contributed by atoms with Crippen molar-refractivity contribution in [2.45, 2.75) is 13.3 Å². The highest BCUT2D eigenvalue weighted by atomic mass is 35.5. The van der Waals surface area contributed by atoms with Crippen LogP contribution in [0.2, 0.25) is 5.02 Å². The number of esters is 1. The number of benzene rings is 1. The Labute approximate surface area is 103 Å². The predicted octanol–water partition coefficient (Wildman–Crippen LogP) is 2.45. The molecule has 0 radical (unpaired) electrons. The molecule has 6 heteroatoms. The normalized spacial score (nSPS) is 11.4. The molecule has 0 saturated carbocycles. The summed E-state index contributed by atoms with van der Waals surface area (Å²) < 4.78 is 22.4. The van der Waals surface area contributed by atoms with Crippen LogP contribution < -0.4 is 4.74 Å². The molecule has 0 spiro atoms. The minimum atomic E-state index is -2.28. The molecule has 90 valence electrons. The van der Waals surface area contributed by atoms with Gasteiger partial charge in [-0.25, -0.2) is 4.79 Å². The number of nitriles is 1. The molecule has 1 rings (SSSR count). The van der Waals surface area contributed by atoms with Crippen LogP contribution in [0.15, 0.2) is 18.2 Å². The van der Waals surface area contributed by atoms with E-state index >= 15 is 0 Å². The number of ether oxygens (including phenoxy) is 2. The molecule has 0 N–H and O–H groups in total. The second kappa shape index (κ2) is 6.06.